The predicted molar refractivity (Wildman–Crippen MR) is 66.8 cm³/mol. The number of nitrogens with one attached hydrogen (secondary N) is 1. The average Bonchev–Trinajstić information content (AvgIpc) is 2.19. The van der Waals surface area contributed by atoms with Crippen LogP contribution in [-0.4, -0.2) is 29.4 Å². The summed E-state index contributed by atoms with van der Waals surface area (Å²) in [5.41, 5.74) is -0.952. The van der Waals surface area contributed by atoms with Gasteiger partial charge in [0.1, 0.15) is 0 Å². The number of carbonyl (C=O) groups excluding carboxylic acids is 1. The minimum atomic E-state index is -0.605. The monoisotopic (exact) mass is 243 g/mol. The second-order valence-electron chi connectivity index (χ2n) is 6.45. The van der Waals surface area contributed by atoms with E-state index < -0.39 is 5.60 Å². The number of alkyl carbamates (subject to hydrolysis) is 1. The van der Waals surface area contributed by atoms with Crippen LogP contribution in [-0.2, 0) is 4.74 Å². The van der Waals surface area contributed by atoms with Crippen molar-refractivity contribution in [3.05, 3.63) is 0 Å². The molecule has 1 saturated carbocycles. The molecule has 4 heteroatoms. The van der Waals surface area contributed by atoms with Crippen molar-refractivity contribution in [3.8, 4) is 0 Å². The Kier molecular flexibility index (Phi) is 3.77. The van der Waals surface area contributed by atoms with Crippen molar-refractivity contribution in [2.24, 2.45) is 5.41 Å². The summed E-state index contributed by atoms with van der Waals surface area (Å²) in [6, 6.07) is 0. The smallest absolute Gasteiger partial charge is 0.407 e. The SMILES string of the molecule is COC(=O)NC1(C(C)(C)C)CCC(C)(O)CC1. The van der Waals surface area contributed by atoms with Gasteiger partial charge >= 0.3 is 6.09 Å². The van der Waals surface area contributed by atoms with E-state index in [4.69, 9.17) is 4.74 Å². The first-order chi connectivity index (χ1) is 7.62. The van der Waals surface area contributed by atoms with Crippen LogP contribution in [0.4, 0.5) is 4.79 Å². The van der Waals surface area contributed by atoms with Gasteiger partial charge in [-0.3, -0.25) is 0 Å². The number of ether oxygens (including phenoxy) is 1. The van der Waals surface area contributed by atoms with Gasteiger partial charge in [0.05, 0.1) is 12.7 Å². The molecule has 0 aliphatic heterocycles. The molecular weight excluding hydrogens is 218 g/mol. The van der Waals surface area contributed by atoms with E-state index >= 15 is 0 Å². The number of hydrogen-bond donors (Lipinski definition) is 2. The van der Waals surface area contributed by atoms with E-state index in [0.29, 0.717) is 12.8 Å². The summed E-state index contributed by atoms with van der Waals surface area (Å²) in [6.45, 7) is 8.20. The molecule has 1 rings (SSSR count). The van der Waals surface area contributed by atoms with E-state index in [1.165, 1.54) is 7.11 Å². The van der Waals surface area contributed by atoms with E-state index in [0.717, 1.165) is 12.8 Å². The molecule has 1 aliphatic carbocycles. The van der Waals surface area contributed by atoms with Crippen LogP contribution in [0.3, 0.4) is 0 Å². The molecule has 17 heavy (non-hydrogen) atoms. The van der Waals surface area contributed by atoms with Crippen LogP contribution in [0.2, 0.25) is 0 Å². The fourth-order valence-electron chi connectivity index (χ4n) is 2.52. The standard InChI is InChI=1S/C13H25NO3/c1-11(2,3)13(14-10(15)17-5)8-6-12(4,16)7-9-13/h16H,6-9H2,1-5H3,(H,14,15). The van der Waals surface area contributed by atoms with E-state index in [-0.39, 0.29) is 17.0 Å². The molecule has 1 fully saturated rings. The molecule has 2 N–H and O–H groups in total. The van der Waals surface area contributed by atoms with Crippen molar-refractivity contribution in [2.75, 3.05) is 7.11 Å². The summed E-state index contributed by atoms with van der Waals surface area (Å²) in [5, 5.41) is 13.0. The van der Waals surface area contributed by atoms with Gasteiger partial charge in [-0.2, -0.15) is 0 Å². The second-order valence-corrected chi connectivity index (χ2v) is 6.45. The number of methoxy groups -OCH3 is 1. The Bertz CT molecular complexity index is 282. The zero-order valence-corrected chi connectivity index (χ0v) is 11.6. The highest BCUT2D eigenvalue weighted by Crippen LogP contribution is 2.44. The van der Waals surface area contributed by atoms with E-state index in [2.05, 4.69) is 26.1 Å². The Labute approximate surface area is 104 Å². The van der Waals surface area contributed by atoms with E-state index in [9.17, 15) is 9.90 Å². The van der Waals surface area contributed by atoms with Crippen LogP contribution in [0.1, 0.15) is 53.4 Å². The maximum Gasteiger partial charge on any atom is 0.407 e. The van der Waals surface area contributed by atoms with Crippen LogP contribution in [0.5, 0.6) is 0 Å². The fraction of sp³-hybridized carbons (Fsp3) is 0.923. The van der Waals surface area contributed by atoms with Gasteiger partial charge in [0.2, 0.25) is 0 Å². The van der Waals surface area contributed by atoms with Crippen LogP contribution >= 0.6 is 0 Å². The fourth-order valence-corrected chi connectivity index (χ4v) is 2.52. The van der Waals surface area contributed by atoms with Crippen molar-refractivity contribution in [3.63, 3.8) is 0 Å². The quantitative estimate of drug-likeness (QED) is 0.743. The number of hydrogen-bond acceptors (Lipinski definition) is 3. The van der Waals surface area contributed by atoms with Crippen LogP contribution in [0.25, 0.3) is 0 Å². The molecule has 0 aromatic rings. The molecule has 4 nitrogen and oxygen atoms in total. The molecule has 0 heterocycles. The third-order valence-corrected chi connectivity index (χ3v) is 4.14. The molecule has 1 amide bonds. The van der Waals surface area contributed by atoms with Gasteiger partial charge in [-0.15, -0.1) is 0 Å². The zero-order valence-electron chi connectivity index (χ0n) is 11.6. The van der Waals surface area contributed by atoms with Gasteiger partial charge in [0.25, 0.3) is 0 Å². The molecule has 100 valence electrons. The Morgan fingerprint density at radius 3 is 2.06 bits per heavy atom. The molecular formula is C13H25NO3. The van der Waals surface area contributed by atoms with E-state index in [1.54, 1.807) is 0 Å². The molecule has 0 bridgehead atoms. The first kappa shape index (κ1) is 14.3. The van der Waals surface area contributed by atoms with Gasteiger partial charge in [-0.1, -0.05) is 20.8 Å². The molecule has 0 unspecified atom stereocenters. The first-order valence-corrected chi connectivity index (χ1v) is 6.20. The summed E-state index contributed by atoms with van der Waals surface area (Å²) in [5.74, 6) is 0. The Balaban J connectivity index is 2.87. The maximum atomic E-state index is 11.5. The summed E-state index contributed by atoms with van der Waals surface area (Å²) < 4.78 is 4.71. The highest BCUT2D eigenvalue weighted by atomic mass is 16.5. The van der Waals surface area contributed by atoms with Crippen LogP contribution in [0, 0.1) is 5.41 Å². The molecule has 0 aromatic heterocycles. The summed E-state index contributed by atoms with van der Waals surface area (Å²) in [7, 11) is 1.38. The topological polar surface area (TPSA) is 58.6 Å². The van der Waals surface area contributed by atoms with Gasteiger partial charge in [0.15, 0.2) is 0 Å². The van der Waals surface area contributed by atoms with Gasteiger partial charge in [-0.05, 0) is 38.0 Å². The van der Waals surface area contributed by atoms with Crippen LogP contribution < -0.4 is 5.32 Å². The van der Waals surface area contributed by atoms with Crippen LogP contribution in [0.15, 0.2) is 0 Å². The lowest BCUT2D eigenvalue weighted by molar-refractivity contribution is -0.0323. The number of aliphatic hydroxyl groups is 1. The first-order valence-electron chi connectivity index (χ1n) is 6.20. The minimum absolute atomic E-state index is 0.0578. The third-order valence-electron chi connectivity index (χ3n) is 4.14. The summed E-state index contributed by atoms with van der Waals surface area (Å²) in [6.07, 6.45) is 2.57. The molecule has 0 spiro atoms. The molecule has 0 saturated heterocycles. The Morgan fingerprint density at radius 1 is 1.24 bits per heavy atom. The normalized spacial score (nSPS) is 34.2. The molecule has 0 atom stereocenters. The maximum absolute atomic E-state index is 11.5. The lowest BCUT2D eigenvalue weighted by Gasteiger charge is -2.50. The van der Waals surface area contributed by atoms with Gasteiger partial charge in [-0.25, -0.2) is 4.79 Å². The van der Waals surface area contributed by atoms with Crippen molar-refractivity contribution in [1.29, 1.82) is 0 Å². The highest BCUT2D eigenvalue weighted by Gasteiger charge is 2.48. The Hall–Kier alpha value is -0.770. The minimum Gasteiger partial charge on any atom is -0.453 e. The zero-order chi connectivity index (χ0) is 13.3. The van der Waals surface area contributed by atoms with Gasteiger partial charge < -0.3 is 15.2 Å². The largest absolute Gasteiger partial charge is 0.453 e. The summed E-state index contributed by atoms with van der Waals surface area (Å²) >= 11 is 0. The predicted octanol–water partition coefficient (Wildman–Crippen LogP) is 2.45. The van der Waals surface area contributed by atoms with Gasteiger partial charge in [0, 0.05) is 5.54 Å². The van der Waals surface area contributed by atoms with Crippen molar-refractivity contribution in [1.82, 2.24) is 5.32 Å². The summed E-state index contributed by atoms with van der Waals surface area (Å²) in [4.78, 5) is 11.5. The number of rotatable bonds is 1. The van der Waals surface area contributed by atoms with Crippen molar-refractivity contribution in [2.45, 2.75) is 64.5 Å². The molecule has 1 aliphatic rings. The Morgan fingerprint density at radius 2 is 1.71 bits per heavy atom. The highest BCUT2D eigenvalue weighted by molar-refractivity contribution is 5.68. The van der Waals surface area contributed by atoms with Crippen molar-refractivity contribution >= 4 is 6.09 Å². The second kappa shape index (κ2) is 4.48. The number of carbonyl (C=O) groups is 1. The van der Waals surface area contributed by atoms with Crippen molar-refractivity contribution < 1.29 is 14.6 Å². The molecule has 0 radical (unpaired) electrons. The number of amides is 1. The third kappa shape index (κ3) is 3.12. The lowest BCUT2D eigenvalue weighted by atomic mass is 9.63. The lowest BCUT2D eigenvalue weighted by Crippen LogP contribution is -2.60. The molecule has 0 aromatic carbocycles. The van der Waals surface area contributed by atoms with E-state index in [1.807, 2.05) is 6.92 Å². The average molecular weight is 243 g/mol.